The summed E-state index contributed by atoms with van der Waals surface area (Å²) in [6.45, 7) is 10.4. The van der Waals surface area contributed by atoms with Crippen molar-refractivity contribution in [1.29, 1.82) is 0 Å². The maximum absolute atomic E-state index is 14.9. The molecule has 7 atom stereocenters. The summed E-state index contributed by atoms with van der Waals surface area (Å²) < 4.78 is 86.2. The lowest BCUT2D eigenvalue weighted by atomic mass is 9.84. The molecule has 1 aromatic rings. The van der Waals surface area contributed by atoms with E-state index in [-0.39, 0.29) is 115 Å². The van der Waals surface area contributed by atoms with Crippen molar-refractivity contribution >= 4 is 64.8 Å². The Hall–Kier alpha value is -6.12. The molecular formula is C51H80F4N12O15S. The van der Waals surface area contributed by atoms with Gasteiger partial charge in [-0.05, 0) is 49.0 Å². The van der Waals surface area contributed by atoms with E-state index in [1.807, 2.05) is 17.1 Å². The molecule has 11 N–H and O–H groups in total. The number of aliphatic hydroxyl groups excluding tert-OH is 1. The number of nitrogens with zero attached hydrogens (tertiary/aromatic N) is 3. The first-order valence-corrected chi connectivity index (χ1v) is 28.4. The summed E-state index contributed by atoms with van der Waals surface area (Å²) in [5, 5.41) is 43.1. The van der Waals surface area contributed by atoms with E-state index in [9.17, 15) is 61.0 Å². The quantitative estimate of drug-likeness (QED) is 0.00512. The molecule has 0 saturated carbocycles. The van der Waals surface area contributed by atoms with E-state index >= 15 is 0 Å². The number of ether oxygens (including phenoxy) is 5. The van der Waals surface area contributed by atoms with Crippen molar-refractivity contribution in [3.05, 3.63) is 39.3 Å². The third-order valence-corrected chi connectivity index (χ3v) is 14.2. The fourth-order valence-corrected chi connectivity index (χ4v) is 10.0. The van der Waals surface area contributed by atoms with Crippen molar-refractivity contribution in [2.75, 3.05) is 98.0 Å². The lowest BCUT2D eigenvalue weighted by Crippen LogP contribution is -2.57. The molecular weight excluding hydrogens is 1130 g/mol. The lowest BCUT2D eigenvalue weighted by molar-refractivity contribution is -0.147. The van der Waals surface area contributed by atoms with Crippen molar-refractivity contribution < 1.29 is 89.9 Å². The molecule has 2 aliphatic rings. The first-order chi connectivity index (χ1) is 39.5. The zero-order valence-electron chi connectivity index (χ0n) is 47.3. The molecule has 0 aromatic heterocycles. The molecule has 3 rings (SSSR count). The summed E-state index contributed by atoms with van der Waals surface area (Å²) in [5.74, 6) is -15.5. The van der Waals surface area contributed by atoms with Gasteiger partial charge in [0, 0.05) is 61.7 Å². The molecule has 2 heterocycles. The Labute approximate surface area is 482 Å². The molecule has 0 radical (unpaired) electrons. The Morgan fingerprint density at radius 3 is 1.81 bits per heavy atom. The summed E-state index contributed by atoms with van der Waals surface area (Å²) >= 11 is 1.85. The van der Waals surface area contributed by atoms with Gasteiger partial charge >= 0.3 is 6.03 Å². The number of thioether (sulfide) groups is 1. The summed E-state index contributed by atoms with van der Waals surface area (Å²) in [4.78, 5) is 103. The predicted molar refractivity (Wildman–Crippen MR) is 291 cm³/mol. The SMILES string of the molecule is CC(C)C[C@@H](C(=O)N[C@H](C(=O)NCCOCCOCCNC(=O)C[C@H](NC(=O)c1c(F)c(F)c(N=[N+]=[N-])c(F)c1F)C(=O)NCCCOCCOCCOCCCNC(=O)CCCC[C@@H]1SC[C@@H]2NC(=O)N[C@@H]21)C(C)(C)C)[C@H](O)C(=O)NO. The van der Waals surface area contributed by atoms with Gasteiger partial charge in [-0.1, -0.05) is 46.2 Å². The Morgan fingerprint density at radius 1 is 0.699 bits per heavy atom. The highest BCUT2D eigenvalue weighted by Gasteiger charge is 2.43. The average Bonchev–Trinajstić information content (AvgIpc) is 4.11. The number of rotatable bonds is 41. The van der Waals surface area contributed by atoms with Crippen LogP contribution in [0.25, 0.3) is 10.4 Å². The smallest absolute Gasteiger partial charge is 0.315 e. The average molecular weight is 1210 g/mol. The van der Waals surface area contributed by atoms with Crippen LogP contribution in [0.5, 0.6) is 0 Å². The van der Waals surface area contributed by atoms with Crippen LogP contribution in [0, 0.1) is 40.5 Å². The third kappa shape index (κ3) is 25.3. The van der Waals surface area contributed by atoms with Gasteiger partial charge in [0.15, 0.2) is 23.3 Å². The second-order valence-corrected chi connectivity index (χ2v) is 22.1. The number of aliphatic hydroxyl groups is 1. The zero-order valence-corrected chi connectivity index (χ0v) is 48.2. The number of carbonyl (C=O) groups excluding carboxylic acids is 8. The molecule has 468 valence electrons. The van der Waals surface area contributed by atoms with E-state index < -0.39 is 106 Å². The summed E-state index contributed by atoms with van der Waals surface area (Å²) in [5.41, 5.74) is 5.61. The van der Waals surface area contributed by atoms with Gasteiger partial charge < -0.3 is 71.3 Å². The second-order valence-electron chi connectivity index (χ2n) is 20.8. The van der Waals surface area contributed by atoms with Crippen molar-refractivity contribution in [3.8, 4) is 0 Å². The summed E-state index contributed by atoms with van der Waals surface area (Å²) in [6.07, 6.45) is 1.27. The van der Waals surface area contributed by atoms with Crippen LogP contribution < -0.4 is 48.0 Å². The van der Waals surface area contributed by atoms with E-state index in [2.05, 4.69) is 47.2 Å². The number of carbonyl (C=O) groups is 8. The van der Waals surface area contributed by atoms with Crippen LogP contribution >= 0.6 is 11.8 Å². The molecule has 27 nitrogen and oxygen atoms in total. The van der Waals surface area contributed by atoms with E-state index in [1.165, 1.54) is 5.48 Å². The van der Waals surface area contributed by atoms with Gasteiger partial charge in [0.2, 0.25) is 29.5 Å². The predicted octanol–water partition coefficient (Wildman–Crippen LogP) is 1.79. The number of fused-ring (bicyclic) bond motifs is 1. The van der Waals surface area contributed by atoms with Gasteiger partial charge in [-0.15, -0.1) is 0 Å². The number of unbranched alkanes of at least 4 members (excludes halogenated alkanes) is 1. The second kappa shape index (κ2) is 38.0. The van der Waals surface area contributed by atoms with Gasteiger partial charge in [-0.3, -0.25) is 38.8 Å². The van der Waals surface area contributed by atoms with Gasteiger partial charge in [-0.25, -0.2) is 27.8 Å². The van der Waals surface area contributed by atoms with Crippen molar-refractivity contribution in [1.82, 2.24) is 48.0 Å². The van der Waals surface area contributed by atoms with E-state index in [0.29, 0.717) is 37.9 Å². The first-order valence-electron chi connectivity index (χ1n) is 27.3. The third-order valence-electron chi connectivity index (χ3n) is 12.7. The number of halogens is 4. The van der Waals surface area contributed by atoms with Gasteiger partial charge in [0.1, 0.15) is 29.4 Å². The minimum Gasteiger partial charge on any atom is -0.382 e. The molecule has 0 spiro atoms. The van der Waals surface area contributed by atoms with Crippen molar-refractivity contribution in [2.45, 2.75) is 122 Å². The molecule has 9 amide bonds. The lowest BCUT2D eigenvalue weighted by Gasteiger charge is -2.32. The summed E-state index contributed by atoms with van der Waals surface area (Å²) in [6, 6.07) is -2.71. The number of amides is 9. The number of hydrogen-bond donors (Lipinski definition) is 11. The maximum Gasteiger partial charge on any atom is 0.315 e. The molecule has 2 saturated heterocycles. The zero-order chi connectivity index (χ0) is 61.5. The summed E-state index contributed by atoms with van der Waals surface area (Å²) in [7, 11) is 0. The van der Waals surface area contributed by atoms with Gasteiger partial charge in [0.25, 0.3) is 11.8 Å². The van der Waals surface area contributed by atoms with Crippen LogP contribution in [0.15, 0.2) is 5.11 Å². The minimum atomic E-state index is -2.22. The number of hydroxylamine groups is 1. The van der Waals surface area contributed by atoms with Crippen LogP contribution in [-0.4, -0.2) is 191 Å². The fraction of sp³-hybridized carbons (Fsp3) is 0.725. The van der Waals surface area contributed by atoms with E-state index in [0.717, 1.165) is 25.0 Å². The highest BCUT2D eigenvalue weighted by molar-refractivity contribution is 8.00. The Kier molecular flexibility index (Phi) is 32.5. The van der Waals surface area contributed by atoms with Gasteiger partial charge in [-0.2, -0.15) is 11.8 Å². The molecule has 32 heteroatoms. The number of nitrogens with one attached hydrogen (secondary N) is 9. The van der Waals surface area contributed by atoms with Crippen molar-refractivity contribution in [2.24, 2.45) is 22.4 Å². The monoisotopic (exact) mass is 1210 g/mol. The first kappa shape index (κ1) is 71.1. The number of benzene rings is 1. The van der Waals surface area contributed by atoms with Crippen LogP contribution in [0.2, 0.25) is 0 Å². The molecule has 0 aliphatic carbocycles. The fourth-order valence-electron chi connectivity index (χ4n) is 8.46. The molecule has 83 heavy (non-hydrogen) atoms. The van der Waals surface area contributed by atoms with Crippen LogP contribution in [-0.2, 0) is 52.5 Å². The van der Waals surface area contributed by atoms with Crippen molar-refractivity contribution in [3.63, 3.8) is 0 Å². The minimum absolute atomic E-state index is 0.0120. The normalized spacial score (nSPS) is 17.0. The Morgan fingerprint density at radius 2 is 1.24 bits per heavy atom. The highest BCUT2D eigenvalue weighted by atomic mass is 32.2. The molecule has 2 fully saturated rings. The van der Waals surface area contributed by atoms with E-state index in [4.69, 9.17) is 34.4 Å². The van der Waals surface area contributed by atoms with Gasteiger partial charge in [0.05, 0.1) is 77.3 Å². The standard InChI is InChI=1S/C51H80F4N12O15S/c1-29(2)26-30(43(70)48(74)66-77)45(71)64-44(51(3,4)5)49(75)60-15-19-81-23-22-80-18-14-58-35(69)27-31(61-47(73)36-37(52)39(54)42(65-67-56)40(55)38(36)53)46(72)59-13-9-17-79-21-25-82-24-20-78-16-8-12-57-34(68)11-7-6-10-33-41-32(28-83-33)62-50(76)63-41/h29-33,41,43-44,70,77H,6-28H2,1-5H3,(H,57,68)(H,58,69)(H,59,72)(H,60,75)(H,61,73)(H,64,71)(H,66,74)(H2,62,63,76)/t30-,31+,32+,33+,41+,43+,44-/m1/s1. The van der Waals surface area contributed by atoms with Crippen LogP contribution in [0.1, 0.15) is 96.3 Å². The molecule has 0 unspecified atom stereocenters. The highest BCUT2D eigenvalue weighted by Crippen LogP contribution is 2.34. The molecule has 0 bridgehead atoms. The number of azide groups is 1. The Bertz CT molecular complexity index is 2330. The molecule has 2 aliphatic heterocycles. The maximum atomic E-state index is 14.9. The van der Waals surface area contributed by atoms with Crippen LogP contribution in [0.3, 0.4) is 0 Å². The Balaban J connectivity index is 1.33. The van der Waals surface area contributed by atoms with E-state index in [1.54, 1.807) is 34.6 Å². The van der Waals surface area contributed by atoms with Crippen LogP contribution in [0.4, 0.5) is 28.0 Å². The topological polar surface area (TPSA) is 380 Å². The molecule has 1 aromatic carbocycles. The largest absolute Gasteiger partial charge is 0.382 e. The number of hydrogen-bond acceptors (Lipinski definition) is 17. The number of urea groups is 1.